The van der Waals surface area contributed by atoms with E-state index in [1.807, 2.05) is 0 Å². The number of halogens is 3. The second kappa shape index (κ2) is 11.4. The summed E-state index contributed by atoms with van der Waals surface area (Å²) >= 11 is 1.05. The molecule has 1 aliphatic heterocycles. The molecule has 0 spiro atoms. The lowest BCUT2D eigenvalue weighted by atomic mass is 10.0. The minimum atomic E-state index is -4.52. The van der Waals surface area contributed by atoms with Crippen LogP contribution in [0.5, 0.6) is 0 Å². The minimum absolute atomic E-state index is 0.242. The fourth-order valence-electron chi connectivity index (χ4n) is 3.26. The molecule has 0 radical (unpaired) electrons. The Hall–Kier alpha value is -2.96. The van der Waals surface area contributed by atoms with Crippen molar-refractivity contribution in [2.75, 3.05) is 11.9 Å². The molecule has 34 heavy (non-hydrogen) atoms. The van der Waals surface area contributed by atoms with E-state index in [1.54, 1.807) is 0 Å². The molecule has 13 heteroatoms. The van der Waals surface area contributed by atoms with E-state index in [0.29, 0.717) is 0 Å². The Morgan fingerprint density at radius 1 is 0.824 bits per heavy atom. The average Bonchev–Trinajstić information content (AvgIpc) is 2.69. The minimum Gasteiger partial charge on any atom is -0.465 e. The molecule has 0 aromatic heterocycles. The molecule has 1 aromatic rings. The summed E-state index contributed by atoms with van der Waals surface area (Å²) in [5, 5.41) is 1.31. The number of esters is 4. The third-order valence-corrected chi connectivity index (χ3v) is 5.95. The van der Waals surface area contributed by atoms with E-state index in [9.17, 15) is 32.3 Å². The molecule has 1 heterocycles. The molecular weight excluding hydrogens is 483 g/mol. The number of nitrogens with one attached hydrogen (secondary N) is 1. The average molecular weight is 507 g/mol. The Kier molecular flexibility index (Phi) is 9.19. The molecule has 1 N–H and O–H groups in total. The van der Waals surface area contributed by atoms with Crippen molar-refractivity contribution in [2.45, 2.75) is 62.8 Å². The van der Waals surface area contributed by atoms with Gasteiger partial charge in [-0.3, -0.25) is 19.2 Å². The first-order valence-corrected chi connectivity index (χ1v) is 11.0. The number of benzene rings is 1. The number of carbonyl (C=O) groups is 4. The molecule has 9 nitrogen and oxygen atoms in total. The van der Waals surface area contributed by atoms with Crippen LogP contribution in [0.15, 0.2) is 24.3 Å². The van der Waals surface area contributed by atoms with E-state index in [4.69, 9.17) is 18.9 Å². The smallest absolute Gasteiger partial charge is 0.416 e. The van der Waals surface area contributed by atoms with E-state index in [0.717, 1.165) is 44.7 Å². The number of hydrogen-bond acceptors (Lipinski definition) is 10. The van der Waals surface area contributed by atoms with Gasteiger partial charge < -0.3 is 24.3 Å². The van der Waals surface area contributed by atoms with Crippen LogP contribution in [0.1, 0.15) is 33.3 Å². The Morgan fingerprint density at radius 2 is 1.32 bits per heavy atom. The van der Waals surface area contributed by atoms with Crippen molar-refractivity contribution in [1.29, 1.82) is 0 Å². The number of alkyl halides is 3. The van der Waals surface area contributed by atoms with E-state index < -0.39 is 64.6 Å². The summed E-state index contributed by atoms with van der Waals surface area (Å²) in [6.07, 6.45) is -8.17. The fraction of sp³-hybridized carbons (Fsp3) is 0.524. The SMILES string of the molecule is CC(=O)OC[C@H]1S[C@@H](Nc2ccc(C(F)(F)F)cc2)[C@H](OC(C)=O)[C@@H](OC(C)=O)[C@@H]1OC(C)=O. The van der Waals surface area contributed by atoms with Crippen molar-refractivity contribution in [3.8, 4) is 0 Å². The maximum Gasteiger partial charge on any atom is 0.416 e. The highest BCUT2D eigenvalue weighted by Gasteiger charge is 2.51. The van der Waals surface area contributed by atoms with Crippen LogP contribution in [0.2, 0.25) is 0 Å². The summed E-state index contributed by atoms with van der Waals surface area (Å²) in [6, 6.07) is 4.12. The molecule has 0 unspecified atom stereocenters. The molecule has 1 fully saturated rings. The quantitative estimate of drug-likeness (QED) is 0.436. The highest BCUT2D eigenvalue weighted by Crippen LogP contribution is 2.39. The second-order valence-corrected chi connectivity index (χ2v) is 8.72. The van der Waals surface area contributed by atoms with Crippen molar-refractivity contribution in [2.24, 2.45) is 0 Å². The van der Waals surface area contributed by atoms with Gasteiger partial charge in [0.2, 0.25) is 0 Å². The summed E-state index contributed by atoms with van der Waals surface area (Å²) < 4.78 is 59.8. The zero-order chi connectivity index (χ0) is 25.6. The Morgan fingerprint density at radius 3 is 1.79 bits per heavy atom. The molecule has 1 aromatic carbocycles. The van der Waals surface area contributed by atoms with Crippen LogP contribution in [0.3, 0.4) is 0 Å². The van der Waals surface area contributed by atoms with Gasteiger partial charge in [0.1, 0.15) is 12.0 Å². The molecule has 2 rings (SSSR count). The van der Waals surface area contributed by atoms with E-state index in [1.165, 1.54) is 19.1 Å². The van der Waals surface area contributed by atoms with Gasteiger partial charge in [-0.2, -0.15) is 13.2 Å². The highest BCUT2D eigenvalue weighted by atomic mass is 32.2. The number of carbonyl (C=O) groups excluding carboxylic acids is 4. The van der Waals surface area contributed by atoms with Gasteiger partial charge in [-0.15, -0.1) is 11.8 Å². The first kappa shape index (κ1) is 27.3. The lowest BCUT2D eigenvalue weighted by Gasteiger charge is -2.44. The maximum absolute atomic E-state index is 12.9. The summed E-state index contributed by atoms with van der Waals surface area (Å²) in [6.45, 7) is 4.30. The summed E-state index contributed by atoms with van der Waals surface area (Å²) in [4.78, 5) is 46.8. The standard InChI is InChI=1S/C21H24F3NO8S/c1-10(26)30-9-16-17(31-11(2)27)18(32-12(3)28)19(33-13(4)29)20(34-16)25-15-7-5-14(6-8-15)21(22,23)24/h5-8,16-20,25H,9H2,1-4H3/t16-,17-,18+,19-,20-/m1/s1. The number of hydrogen-bond donors (Lipinski definition) is 1. The van der Waals surface area contributed by atoms with E-state index in [2.05, 4.69) is 5.32 Å². The Bertz CT molecular complexity index is 908. The zero-order valence-corrected chi connectivity index (χ0v) is 19.5. The first-order valence-electron chi connectivity index (χ1n) is 10.0. The van der Waals surface area contributed by atoms with Gasteiger partial charge >= 0.3 is 30.1 Å². The van der Waals surface area contributed by atoms with Crippen molar-refractivity contribution in [3.63, 3.8) is 0 Å². The molecule has 0 bridgehead atoms. The topological polar surface area (TPSA) is 117 Å². The van der Waals surface area contributed by atoms with Crippen molar-refractivity contribution >= 4 is 41.3 Å². The van der Waals surface area contributed by atoms with Gasteiger partial charge in [0.05, 0.1) is 10.8 Å². The molecule has 1 aliphatic rings. The third-order valence-electron chi connectivity index (χ3n) is 4.51. The fourth-order valence-corrected chi connectivity index (χ4v) is 4.72. The zero-order valence-electron chi connectivity index (χ0n) is 18.7. The monoisotopic (exact) mass is 507 g/mol. The van der Waals surface area contributed by atoms with Crippen LogP contribution in [0.4, 0.5) is 18.9 Å². The molecule has 1 saturated heterocycles. The number of anilines is 1. The van der Waals surface area contributed by atoms with Gasteiger partial charge in [-0.1, -0.05) is 0 Å². The van der Waals surface area contributed by atoms with Crippen LogP contribution in [-0.4, -0.2) is 59.4 Å². The Balaban J connectivity index is 2.43. The van der Waals surface area contributed by atoms with Crippen LogP contribution in [-0.2, 0) is 44.3 Å². The predicted molar refractivity (Wildman–Crippen MR) is 114 cm³/mol. The van der Waals surface area contributed by atoms with Crippen molar-refractivity contribution in [1.82, 2.24) is 0 Å². The van der Waals surface area contributed by atoms with Crippen LogP contribution < -0.4 is 5.32 Å². The second-order valence-electron chi connectivity index (χ2n) is 7.34. The lowest BCUT2D eigenvalue weighted by molar-refractivity contribution is -0.185. The highest BCUT2D eigenvalue weighted by molar-refractivity contribution is 8.00. The summed E-state index contributed by atoms with van der Waals surface area (Å²) in [7, 11) is 0. The van der Waals surface area contributed by atoms with Gasteiger partial charge in [-0.25, -0.2) is 0 Å². The molecule has 5 atom stereocenters. The van der Waals surface area contributed by atoms with Gasteiger partial charge in [0.25, 0.3) is 0 Å². The van der Waals surface area contributed by atoms with Gasteiger partial charge in [0, 0.05) is 33.4 Å². The summed E-state index contributed by atoms with van der Waals surface area (Å²) in [5.74, 6) is -2.82. The molecular formula is C21H24F3NO8S. The van der Waals surface area contributed by atoms with Crippen LogP contribution in [0, 0.1) is 0 Å². The van der Waals surface area contributed by atoms with Crippen molar-refractivity contribution < 1.29 is 51.3 Å². The van der Waals surface area contributed by atoms with Crippen molar-refractivity contribution in [3.05, 3.63) is 29.8 Å². The summed E-state index contributed by atoms with van der Waals surface area (Å²) in [5.41, 5.74) is -0.604. The lowest BCUT2D eigenvalue weighted by Crippen LogP contribution is -2.60. The van der Waals surface area contributed by atoms with Crippen LogP contribution >= 0.6 is 11.8 Å². The first-order chi connectivity index (χ1) is 15.8. The van der Waals surface area contributed by atoms with Gasteiger partial charge in [0.15, 0.2) is 18.3 Å². The Labute approximate surface area is 197 Å². The molecule has 188 valence electrons. The molecule has 0 amide bonds. The number of rotatable bonds is 7. The van der Waals surface area contributed by atoms with E-state index in [-0.39, 0.29) is 12.3 Å². The van der Waals surface area contributed by atoms with E-state index >= 15 is 0 Å². The van der Waals surface area contributed by atoms with Crippen LogP contribution in [0.25, 0.3) is 0 Å². The molecule has 0 saturated carbocycles. The normalized spacial score (nSPS) is 24.5. The number of ether oxygens (including phenoxy) is 4. The molecule has 0 aliphatic carbocycles. The third kappa shape index (κ3) is 7.82. The maximum atomic E-state index is 12.9. The predicted octanol–water partition coefficient (Wildman–Crippen LogP) is 2.92. The largest absolute Gasteiger partial charge is 0.465 e. The van der Waals surface area contributed by atoms with Gasteiger partial charge in [-0.05, 0) is 24.3 Å². The number of thioether (sulfide) groups is 1.